The van der Waals surface area contributed by atoms with E-state index in [1.165, 1.54) is 19.8 Å². The van der Waals surface area contributed by atoms with Crippen molar-refractivity contribution < 1.29 is 24.2 Å². The average molecular weight is 397 g/mol. The van der Waals surface area contributed by atoms with Crippen LogP contribution < -0.4 is 5.32 Å². The minimum Gasteiger partial charge on any atom is -0.479 e. The lowest BCUT2D eigenvalue weighted by molar-refractivity contribution is -0.153. The minimum absolute atomic E-state index is 0.248. The Morgan fingerprint density at radius 2 is 1.97 bits per heavy atom. The molecule has 2 N–H and O–H groups in total. The molecule has 1 saturated heterocycles. The minimum atomic E-state index is -1.06. The van der Waals surface area contributed by atoms with Gasteiger partial charge in [-0.3, -0.25) is 9.36 Å². The molecule has 0 aliphatic carbocycles. The summed E-state index contributed by atoms with van der Waals surface area (Å²) < 4.78 is 12.8. The molecule has 10 nitrogen and oxygen atoms in total. The van der Waals surface area contributed by atoms with Crippen LogP contribution >= 0.6 is 0 Å². The van der Waals surface area contributed by atoms with Crippen molar-refractivity contribution in [1.82, 2.24) is 19.5 Å². The number of benzene rings is 1. The highest BCUT2D eigenvalue weighted by Crippen LogP contribution is 2.37. The first-order chi connectivity index (χ1) is 14.0. The molecule has 0 spiro atoms. The van der Waals surface area contributed by atoms with Crippen LogP contribution in [-0.2, 0) is 14.3 Å². The van der Waals surface area contributed by atoms with Crippen molar-refractivity contribution in [3.05, 3.63) is 48.5 Å². The van der Waals surface area contributed by atoms with E-state index in [0.29, 0.717) is 16.7 Å². The quantitative estimate of drug-likeness (QED) is 0.666. The van der Waals surface area contributed by atoms with Gasteiger partial charge in [0.1, 0.15) is 12.4 Å². The summed E-state index contributed by atoms with van der Waals surface area (Å²) in [6.07, 6.45) is 0.530. The molecule has 1 fully saturated rings. The van der Waals surface area contributed by atoms with Crippen LogP contribution in [0.4, 0.5) is 5.82 Å². The van der Waals surface area contributed by atoms with Gasteiger partial charge in [0.15, 0.2) is 29.3 Å². The number of anilines is 1. The highest BCUT2D eigenvalue weighted by Gasteiger charge is 2.47. The molecular weight excluding hydrogens is 378 g/mol. The Kier molecular flexibility index (Phi) is 4.95. The van der Waals surface area contributed by atoms with Crippen LogP contribution in [0.2, 0.25) is 0 Å². The third-order valence-electron chi connectivity index (χ3n) is 4.98. The normalized spacial score (nSPS) is 23.9. The van der Waals surface area contributed by atoms with E-state index in [0.717, 1.165) is 0 Å². The molecule has 10 heteroatoms. The zero-order valence-electron chi connectivity index (χ0n) is 15.7. The van der Waals surface area contributed by atoms with Crippen molar-refractivity contribution in [3.8, 4) is 0 Å². The van der Waals surface area contributed by atoms with Gasteiger partial charge in [0, 0.05) is 18.6 Å². The van der Waals surface area contributed by atoms with Gasteiger partial charge in [-0.2, -0.15) is 0 Å². The second-order valence-electron chi connectivity index (χ2n) is 6.71. The Morgan fingerprint density at radius 3 is 2.66 bits per heavy atom. The van der Waals surface area contributed by atoms with Crippen LogP contribution in [0.1, 0.15) is 23.5 Å². The Bertz CT molecular complexity index is 1050. The lowest BCUT2D eigenvalue weighted by atomic mass is 10.0. The van der Waals surface area contributed by atoms with E-state index in [9.17, 15) is 14.7 Å². The van der Waals surface area contributed by atoms with Gasteiger partial charge in [-0.05, 0) is 12.1 Å². The first-order valence-corrected chi connectivity index (χ1v) is 8.96. The van der Waals surface area contributed by atoms with Gasteiger partial charge in [-0.1, -0.05) is 25.1 Å². The van der Waals surface area contributed by atoms with Crippen molar-refractivity contribution in [3.63, 3.8) is 0 Å². The Hall–Kier alpha value is -3.37. The third kappa shape index (κ3) is 3.32. The zero-order chi connectivity index (χ0) is 20.5. The SMILES string of the molecule is CO[C@H]1C(C)[C@@H](C(=O)O)O[C@H]1n1cnc2c(NC(=O)c3ccccc3)ncnc21. The smallest absolute Gasteiger partial charge is 0.333 e. The molecule has 1 unspecified atom stereocenters. The van der Waals surface area contributed by atoms with E-state index in [1.807, 2.05) is 6.07 Å². The Labute approximate surface area is 165 Å². The average Bonchev–Trinajstić information content (AvgIpc) is 3.29. The maximum atomic E-state index is 12.5. The lowest BCUT2D eigenvalue weighted by Crippen LogP contribution is -2.29. The number of nitrogens with zero attached hydrogens (tertiary/aromatic N) is 4. The number of ether oxygens (including phenoxy) is 2. The number of aromatic nitrogens is 4. The molecule has 4 rings (SSSR count). The molecule has 0 saturated carbocycles. The summed E-state index contributed by atoms with van der Waals surface area (Å²) >= 11 is 0. The van der Waals surface area contributed by atoms with Crippen LogP contribution in [0, 0.1) is 5.92 Å². The predicted molar refractivity (Wildman–Crippen MR) is 101 cm³/mol. The fourth-order valence-electron chi connectivity index (χ4n) is 3.52. The lowest BCUT2D eigenvalue weighted by Gasteiger charge is -2.20. The van der Waals surface area contributed by atoms with Gasteiger partial charge in [-0.25, -0.2) is 19.7 Å². The molecule has 29 heavy (non-hydrogen) atoms. The number of carboxylic acid groups (broad SMARTS) is 1. The number of hydrogen-bond acceptors (Lipinski definition) is 7. The fraction of sp³-hybridized carbons (Fsp3) is 0.316. The first kappa shape index (κ1) is 19.0. The summed E-state index contributed by atoms with van der Waals surface area (Å²) in [5, 5.41) is 12.1. The van der Waals surface area contributed by atoms with Crippen LogP contribution in [0.5, 0.6) is 0 Å². The molecule has 2 aromatic heterocycles. The number of nitrogens with one attached hydrogen (secondary N) is 1. The number of carbonyl (C=O) groups excluding carboxylic acids is 1. The predicted octanol–water partition coefficient (Wildman–Crippen LogP) is 1.71. The summed E-state index contributed by atoms with van der Waals surface area (Å²) in [5.74, 6) is -1.51. The molecule has 1 aliphatic heterocycles. The number of imidazole rings is 1. The molecule has 0 radical (unpaired) electrons. The van der Waals surface area contributed by atoms with E-state index in [4.69, 9.17) is 9.47 Å². The second kappa shape index (κ2) is 7.57. The van der Waals surface area contributed by atoms with Crippen LogP contribution in [0.25, 0.3) is 11.2 Å². The summed E-state index contributed by atoms with van der Waals surface area (Å²) in [6.45, 7) is 1.76. The van der Waals surface area contributed by atoms with E-state index in [-0.39, 0.29) is 17.6 Å². The number of amides is 1. The monoisotopic (exact) mass is 397 g/mol. The highest BCUT2D eigenvalue weighted by molar-refractivity contribution is 6.06. The molecule has 1 aliphatic rings. The number of aliphatic carboxylic acids is 1. The van der Waals surface area contributed by atoms with Crippen LogP contribution in [0.15, 0.2) is 43.0 Å². The maximum Gasteiger partial charge on any atom is 0.333 e. The maximum absolute atomic E-state index is 12.5. The molecule has 1 amide bonds. The van der Waals surface area contributed by atoms with Gasteiger partial charge in [0.25, 0.3) is 5.91 Å². The van der Waals surface area contributed by atoms with Gasteiger partial charge in [0.05, 0.1) is 6.33 Å². The van der Waals surface area contributed by atoms with Crippen LogP contribution in [0.3, 0.4) is 0 Å². The van der Waals surface area contributed by atoms with Crippen molar-refractivity contribution in [2.24, 2.45) is 5.92 Å². The standard InChI is InChI=1S/C19H19N5O5/c1-10-13(28-2)18(29-14(10)19(26)27)24-9-22-12-15(20-8-21-16(12)24)23-17(25)11-6-4-3-5-7-11/h3-10,13-14,18H,1-2H3,(H,26,27)(H,20,21,23,25)/t10?,13-,14-,18+/m0/s1. The van der Waals surface area contributed by atoms with E-state index < -0.39 is 24.4 Å². The van der Waals surface area contributed by atoms with Gasteiger partial charge >= 0.3 is 5.97 Å². The molecule has 3 aromatic rings. The number of carboxylic acids is 1. The largest absolute Gasteiger partial charge is 0.479 e. The summed E-state index contributed by atoms with van der Waals surface area (Å²) in [7, 11) is 1.50. The molecule has 4 atom stereocenters. The number of carbonyl (C=O) groups is 2. The topological polar surface area (TPSA) is 128 Å². The second-order valence-corrected chi connectivity index (χ2v) is 6.71. The number of hydrogen-bond donors (Lipinski definition) is 2. The van der Waals surface area contributed by atoms with E-state index >= 15 is 0 Å². The summed E-state index contributed by atoms with van der Waals surface area (Å²) in [6, 6.07) is 8.73. The molecule has 3 heterocycles. The van der Waals surface area contributed by atoms with E-state index in [1.54, 1.807) is 35.8 Å². The van der Waals surface area contributed by atoms with E-state index in [2.05, 4.69) is 20.3 Å². The molecule has 1 aromatic carbocycles. The van der Waals surface area contributed by atoms with Crippen molar-refractivity contribution >= 4 is 28.9 Å². The molecular formula is C19H19N5O5. The Balaban J connectivity index is 1.67. The highest BCUT2D eigenvalue weighted by atomic mass is 16.6. The van der Waals surface area contributed by atoms with Crippen molar-refractivity contribution in [2.75, 3.05) is 12.4 Å². The van der Waals surface area contributed by atoms with Gasteiger partial charge < -0.3 is 19.9 Å². The van der Waals surface area contributed by atoms with Crippen LogP contribution in [-0.4, -0.2) is 55.8 Å². The fourth-order valence-corrected chi connectivity index (χ4v) is 3.52. The van der Waals surface area contributed by atoms with Gasteiger partial charge in [0.2, 0.25) is 0 Å². The molecule has 150 valence electrons. The Morgan fingerprint density at radius 1 is 1.21 bits per heavy atom. The third-order valence-corrected chi connectivity index (χ3v) is 4.98. The summed E-state index contributed by atoms with van der Waals surface area (Å²) in [5.41, 5.74) is 1.24. The summed E-state index contributed by atoms with van der Waals surface area (Å²) in [4.78, 5) is 36.6. The number of rotatable bonds is 5. The van der Waals surface area contributed by atoms with Gasteiger partial charge in [-0.15, -0.1) is 0 Å². The first-order valence-electron chi connectivity index (χ1n) is 8.96. The number of fused-ring (bicyclic) bond motifs is 1. The van der Waals surface area contributed by atoms with Crippen molar-refractivity contribution in [1.29, 1.82) is 0 Å². The number of methoxy groups -OCH3 is 1. The van der Waals surface area contributed by atoms with Crippen molar-refractivity contribution in [2.45, 2.75) is 25.4 Å². The molecule has 0 bridgehead atoms. The zero-order valence-corrected chi connectivity index (χ0v) is 15.7.